The van der Waals surface area contributed by atoms with E-state index in [0.717, 1.165) is 26.2 Å². The third-order valence-corrected chi connectivity index (χ3v) is 1.40. The van der Waals surface area contributed by atoms with Crippen LogP contribution in [-0.4, -0.2) is 45.3 Å². The maximum Gasteiger partial charge on any atom is 0.312 e. The summed E-state index contributed by atoms with van der Waals surface area (Å²) in [6.45, 7) is 4.53. The van der Waals surface area contributed by atoms with Crippen molar-refractivity contribution >= 4 is 6.03 Å². The smallest absolute Gasteiger partial charge is 0.312 e. The van der Waals surface area contributed by atoms with Gasteiger partial charge < -0.3 is 27.4 Å². The van der Waals surface area contributed by atoms with Crippen molar-refractivity contribution in [3.63, 3.8) is 0 Å². The summed E-state index contributed by atoms with van der Waals surface area (Å²) in [6, 6.07) is -0.483. The van der Waals surface area contributed by atoms with Gasteiger partial charge in [-0.2, -0.15) is 0 Å². The predicted octanol–water partition coefficient (Wildman–Crippen LogP) is -2.21. The highest BCUT2D eigenvalue weighted by Gasteiger charge is 1.90. The second-order valence-electron chi connectivity index (χ2n) is 2.58. The molecule has 6 heteroatoms. The van der Waals surface area contributed by atoms with Gasteiger partial charge in [-0.15, -0.1) is 0 Å². The van der Waals surface area contributed by atoms with Gasteiger partial charge in [-0.25, -0.2) is 4.79 Å². The Bertz CT molecular complexity index is 130. The molecule has 78 valence electrons. The molecule has 6 nitrogen and oxygen atoms in total. The molecule has 0 saturated carbocycles. The highest BCUT2D eigenvalue weighted by molar-refractivity contribution is 5.71. The van der Waals surface area contributed by atoms with E-state index in [-0.39, 0.29) is 0 Å². The average molecular weight is 189 g/mol. The van der Waals surface area contributed by atoms with Crippen molar-refractivity contribution in [2.45, 2.75) is 0 Å². The Balaban J connectivity index is 2.87. The highest BCUT2D eigenvalue weighted by Crippen LogP contribution is 1.61. The van der Waals surface area contributed by atoms with Crippen molar-refractivity contribution in [3.05, 3.63) is 0 Å². The Morgan fingerprint density at radius 3 is 2.08 bits per heavy atom. The molecule has 0 aliphatic carbocycles. The number of carbonyl (C=O) groups is 1. The molecule has 0 unspecified atom stereocenters. The lowest BCUT2D eigenvalue weighted by atomic mass is 10.5. The van der Waals surface area contributed by atoms with Crippen LogP contribution in [0, 0.1) is 0 Å². The maximum absolute atomic E-state index is 10.2. The van der Waals surface area contributed by atoms with E-state index in [2.05, 4.69) is 16.0 Å². The number of rotatable bonds is 8. The molecule has 0 bridgehead atoms. The molecule has 0 fully saturated rings. The van der Waals surface area contributed by atoms with Crippen LogP contribution in [0.2, 0.25) is 0 Å². The summed E-state index contributed by atoms with van der Waals surface area (Å²) in [5.41, 5.74) is 10.1. The van der Waals surface area contributed by atoms with Crippen LogP contribution >= 0.6 is 0 Å². The zero-order chi connectivity index (χ0) is 9.94. The van der Waals surface area contributed by atoms with Crippen LogP contribution < -0.4 is 27.4 Å². The van der Waals surface area contributed by atoms with Crippen LogP contribution in [-0.2, 0) is 0 Å². The van der Waals surface area contributed by atoms with E-state index in [1.165, 1.54) is 0 Å². The molecule has 0 aromatic rings. The van der Waals surface area contributed by atoms with Crippen LogP contribution in [0.25, 0.3) is 0 Å². The summed E-state index contributed by atoms with van der Waals surface area (Å²) in [5.74, 6) is 0. The molecular formula is C7H19N5O. The number of nitrogens with two attached hydrogens (primary N) is 2. The Morgan fingerprint density at radius 2 is 1.54 bits per heavy atom. The summed E-state index contributed by atoms with van der Waals surface area (Å²) in [7, 11) is 0. The van der Waals surface area contributed by atoms with Crippen LogP contribution in [0.1, 0.15) is 0 Å². The van der Waals surface area contributed by atoms with Gasteiger partial charge in [-0.1, -0.05) is 0 Å². The van der Waals surface area contributed by atoms with Crippen LogP contribution in [0.3, 0.4) is 0 Å². The monoisotopic (exact) mass is 189 g/mol. The third kappa shape index (κ3) is 11.1. The molecule has 0 aromatic heterocycles. The highest BCUT2D eigenvalue weighted by atomic mass is 16.2. The Kier molecular flexibility index (Phi) is 8.64. The molecule has 0 aliphatic rings. The molecule has 0 aromatic carbocycles. The van der Waals surface area contributed by atoms with Gasteiger partial charge in [-0.05, 0) is 0 Å². The van der Waals surface area contributed by atoms with Gasteiger partial charge in [0.25, 0.3) is 0 Å². The van der Waals surface area contributed by atoms with Crippen molar-refractivity contribution in [2.24, 2.45) is 11.5 Å². The van der Waals surface area contributed by atoms with Gasteiger partial charge in [0.2, 0.25) is 0 Å². The molecular weight excluding hydrogens is 170 g/mol. The first kappa shape index (κ1) is 12.2. The van der Waals surface area contributed by atoms with Gasteiger partial charge in [0, 0.05) is 39.3 Å². The zero-order valence-corrected chi connectivity index (χ0v) is 7.81. The van der Waals surface area contributed by atoms with Crippen molar-refractivity contribution in [1.82, 2.24) is 16.0 Å². The minimum absolute atomic E-state index is 0.483. The summed E-state index contributed by atoms with van der Waals surface area (Å²) >= 11 is 0. The molecule has 0 rings (SSSR count). The fourth-order valence-electron chi connectivity index (χ4n) is 0.803. The lowest BCUT2D eigenvalue weighted by Gasteiger charge is -2.05. The number of urea groups is 1. The summed E-state index contributed by atoms with van der Waals surface area (Å²) < 4.78 is 0. The van der Waals surface area contributed by atoms with Gasteiger partial charge in [0.1, 0.15) is 0 Å². The second-order valence-corrected chi connectivity index (χ2v) is 2.58. The van der Waals surface area contributed by atoms with Crippen LogP contribution in [0.5, 0.6) is 0 Å². The number of nitrogens with one attached hydrogen (secondary N) is 3. The first-order valence-corrected chi connectivity index (χ1v) is 4.42. The van der Waals surface area contributed by atoms with Gasteiger partial charge in [0.05, 0.1) is 0 Å². The molecule has 2 amide bonds. The summed E-state index contributed by atoms with van der Waals surface area (Å²) in [5, 5.41) is 8.74. The SMILES string of the molecule is NCCNCCNCCNC(N)=O. The van der Waals surface area contributed by atoms with Crippen LogP contribution in [0.4, 0.5) is 4.79 Å². The van der Waals surface area contributed by atoms with Crippen LogP contribution in [0.15, 0.2) is 0 Å². The molecule has 0 saturated heterocycles. The molecule has 7 N–H and O–H groups in total. The van der Waals surface area contributed by atoms with Gasteiger partial charge >= 0.3 is 6.03 Å². The van der Waals surface area contributed by atoms with Crippen molar-refractivity contribution in [3.8, 4) is 0 Å². The number of carbonyl (C=O) groups excluding carboxylic acids is 1. The molecule has 0 radical (unpaired) electrons. The van der Waals surface area contributed by atoms with E-state index >= 15 is 0 Å². The number of hydrogen-bond acceptors (Lipinski definition) is 4. The standard InChI is InChI=1S/C7H19N5O/c8-1-2-10-3-4-11-5-6-12-7(9)13/h10-11H,1-6,8H2,(H3,9,12,13). The molecule has 0 aliphatic heterocycles. The lowest BCUT2D eigenvalue weighted by molar-refractivity contribution is 0.249. The number of hydrogen-bond donors (Lipinski definition) is 5. The van der Waals surface area contributed by atoms with E-state index in [0.29, 0.717) is 13.1 Å². The molecule has 0 atom stereocenters. The minimum atomic E-state index is -0.483. The molecule has 13 heavy (non-hydrogen) atoms. The quantitative estimate of drug-likeness (QED) is 0.279. The normalized spacial score (nSPS) is 9.92. The van der Waals surface area contributed by atoms with E-state index in [4.69, 9.17) is 11.5 Å². The summed E-state index contributed by atoms with van der Waals surface area (Å²) in [6.07, 6.45) is 0. The average Bonchev–Trinajstić information content (AvgIpc) is 2.09. The molecule has 0 spiro atoms. The fraction of sp³-hybridized carbons (Fsp3) is 0.857. The largest absolute Gasteiger partial charge is 0.352 e. The summed E-state index contributed by atoms with van der Waals surface area (Å²) in [4.78, 5) is 10.2. The second kappa shape index (κ2) is 9.24. The van der Waals surface area contributed by atoms with Crippen molar-refractivity contribution < 1.29 is 4.79 Å². The first-order valence-electron chi connectivity index (χ1n) is 4.42. The van der Waals surface area contributed by atoms with E-state index < -0.39 is 6.03 Å². The van der Waals surface area contributed by atoms with E-state index in [1.54, 1.807) is 0 Å². The number of primary amides is 1. The van der Waals surface area contributed by atoms with Crippen molar-refractivity contribution in [1.29, 1.82) is 0 Å². The fourth-order valence-corrected chi connectivity index (χ4v) is 0.803. The lowest BCUT2D eigenvalue weighted by Crippen LogP contribution is -2.37. The Hall–Kier alpha value is -0.850. The van der Waals surface area contributed by atoms with E-state index in [1.807, 2.05) is 0 Å². The predicted molar refractivity (Wildman–Crippen MR) is 52.4 cm³/mol. The topological polar surface area (TPSA) is 105 Å². The zero-order valence-electron chi connectivity index (χ0n) is 7.81. The molecule has 0 heterocycles. The van der Waals surface area contributed by atoms with Crippen molar-refractivity contribution in [2.75, 3.05) is 39.3 Å². The van der Waals surface area contributed by atoms with Gasteiger partial charge in [0.15, 0.2) is 0 Å². The minimum Gasteiger partial charge on any atom is -0.352 e. The van der Waals surface area contributed by atoms with E-state index in [9.17, 15) is 4.79 Å². The Labute approximate surface area is 78.4 Å². The first-order chi connectivity index (χ1) is 6.27. The Morgan fingerprint density at radius 1 is 1.00 bits per heavy atom. The maximum atomic E-state index is 10.2. The number of amides is 2. The van der Waals surface area contributed by atoms with Gasteiger partial charge in [-0.3, -0.25) is 0 Å². The third-order valence-electron chi connectivity index (χ3n) is 1.40.